The Morgan fingerprint density at radius 1 is 1.03 bits per heavy atom. The SMILES string of the molecule is CCC(C)NC(=O)C(C)N(Cc1ccccc1Cl)C(=O)CN(C)S(=O)(=O)c1ccc(Cl)cc1. The van der Waals surface area contributed by atoms with Crippen LogP contribution in [0.25, 0.3) is 0 Å². The molecule has 180 valence electrons. The van der Waals surface area contributed by atoms with Gasteiger partial charge in [-0.2, -0.15) is 4.31 Å². The van der Waals surface area contributed by atoms with Crippen LogP contribution in [0.1, 0.15) is 32.8 Å². The predicted molar refractivity (Wildman–Crippen MR) is 131 cm³/mol. The molecule has 33 heavy (non-hydrogen) atoms. The van der Waals surface area contributed by atoms with E-state index >= 15 is 0 Å². The predicted octanol–water partition coefficient (Wildman–Crippen LogP) is 3.95. The van der Waals surface area contributed by atoms with Gasteiger partial charge in [-0.25, -0.2) is 8.42 Å². The lowest BCUT2D eigenvalue weighted by Gasteiger charge is -2.31. The molecule has 7 nitrogen and oxygen atoms in total. The first-order chi connectivity index (χ1) is 15.5. The highest BCUT2D eigenvalue weighted by atomic mass is 35.5. The van der Waals surface area contributed by atoms with Crippen LogP contribution in [0, 0.1) is 0 Å². The largest absolute Gasteiger partial charge is 0.352 e. The monoisotopic (exact) mass is 513 g/mol. The number of carbonyl (C=O) groups excluding carboxylic acids is 2. The minimum atomic E-state index is -3.93. The maximum Gasteiger partial charge on any atom is 0.243 e. The van der Waals surface area contributed by atoms with Gasteiger partial charge in [-0.15, -0.1) is 0 Å². The molecule has 2 aromatic carbocycles. The number of halogens is 2. The van der Waals surface area contributed by atoms with E-state index in [2.05, 4.69) is 5.32 Å². The Morgan fingerprint density at radius 2 is 1.64 bits per heavy atom. The van der Waals surface area contributed by atoms with Crippen LogP contribution in [0.5, 0.6) is 0 Å². The normalized spacial score (nSPS) is 13.4. The summed E-state index contributed by atoms with van der Waals surface area (Å²) in [5.41, 5.74) is 0.652. The molecule has 0 radical (unpaired) electrons. The van der Waals surface area contributed by atoms with Crippen molar-refractivity contribution in [2.24, 2.45) is 0 Å². The fourth-order valence-electron chi connectivity index (χ4n) is 3.01. The molecule has 0 fully saturated rings. The zero-order valence-electron chi connectivity index (χ0n) is 19.1. The molecule has 2 aromatic rings. The number of nitrogens with zero attached hydrogens (tertiary/aromatic N) is 2. The summed E-state index contributed by atoms with van der Waals surface area (Å²) in [5, 5.41) is 3.72. The van der Waals surface area contributed by atoms with Crippen molar-refractivity contribution in [3.8, 4) is 0 Å². The maximum atomic E-state index is 13.3. The van der Waals surface area contributed by atoms with Gasteiger partial charge in [-0.05, 0) is 56.2 Å². The number of amides is 2. The number of likely N-dealkylation sites (N-methyl/N-ethyl adjacent to an activating group) is 1. The average molecular weight is 514 g/mol. The first kappa shape index (κ1) is 27.1. The Morgan fingerprint density at radius 3 is 2.21 bits per heavy atom. The van der Waals surface area contributed by atoms with Crippen molar-refractivity contribution < 1.29 is 18.0 Å². The first-order valence-electron chi connectivity index (χ1n) is 10.5. The van der Waals surface area contributed by atoms with Crippen molar-refractivity contribution in [3.05, 3.63) is 64.1 Å². The fraction of sp³-hybridized carbons (Fsp3) is 0.391. The lowest BCUT2D eigenvalue weighted by Crippen LogP contribution is -2.51. The molecule has 1 N–H and O–H groups in total. The van der Waals surface area contributed by atoms with Crippen LogP contribution < -0.4 is 5.32 Å². The van der Waals surface area contributed by atoms with Crippen LogP contribution in [-0.2, 0) is 26.2 Å². The number of hydrogen-bond donors (Lipinski definition) is 1. The van der Waals surface area contributed by atoms with Gasteiger partial charge < -0.3 is 10.2 Å². The second-order valence-corrected chi connectivity index (χ2v) is 10.7. The number of rotatable bonds is 10. The molecule has 2 amide bonds. The molecular formula is C23H29Cl2N3O4S. The van der Waals surface area contributed by atoms with E-state index in [-0.39, 0.29) is 23.4 Å². The third-order valence-electron chi connectivity index (χ3n) is 5.35. The minimum absolute atomic E-state index is 0.0161. The second-order valence-electron chi connectivity index (χ2n) is 7.82. The van der Waals surface area contributed by atoms with Gasteiger partial charge in [0.2, 0.25) is 21.8 Å². The number of nitrogens with one attached hydrogen (secondary N) is 1. The van der Waals surface area contributed by atoms with Crippen molar-refractivity contribution in [2.75, 3.05) is 13.6 Å². The van der Waals surface area contributed by atoms with Gasteiger partial charge in [0.15, 0.2) is 0 Å². The molecule has 0 aliphatic heterocycles. The summed E-state index contributed by atoms with van der Waals surface area (Å²) in [6, 6.07) is 11.8. The average Bonchev–Trinajstić information content (AvgIpc) is 2.78. The molecule has 0 bridgehead atoms. The molecule has 2 rings (SSSR count). The van der Waals surface area contributed by atoms with E-state index in [4.69, 9.17) is 23.2 Å². The van der Waals surface area contributed by atoms with Crippen LogP contribution in [-0.4, -0.2) is 55.1 Å². The molecule has 0 heterocycles. The highest BCUT2D eigenvalue weighted by molar-refractivity contribution is 7.89. The van der Waals surface area contributed by atoms with E-state index < -0.39 is 28.5 Å². The zero-order chi connectivity index (χ0) is 24.8. The quantitative estimate of drug-likeness (QED) is 0.521. The molecule has 2 atom stereocenters. The van der Waals surface area contributed by atoms with Gasteiger partial charge in [0.25, 0.3) is 0 Å². The van der Waals surface area contributed by atoms with E-state index in [1.165, 1.54) is 36.2 Å². The lowest BCUT2D eigenvalue weighted by molar-refractivity contribution is -0.140. The maximum absolute atomic E-state index is 13.3. The Balaban J connectivity index is 2.29. The van der Waals surface area contributed by atoms with Gasteiger partial charge in [0, 0.05) is 29.7 Å². The minimum Gasteiger partial charge on any atom is -0.352 e. The molecule has 2 unspecified atom stereocenters. The molecule has 0 aromatic heterocycles. The summed E-state index contributed by atoms with van der Waals surface area (Å²) in [7, 11) is -2.61. The van der Waals surface area contributed by atoms with Crippen LogP contribution in [0.3, 0.4) is 0 Å². The second kappa shape index (κ2) is 11.8. The van der Waals surface area contributed by atoms with Crippen LogP contribution in [0.15, 0.2) is 53.4 Å². The Bertz CT molecular complexity index is 1080. The zero-order valence-corrected chi connectivity index (χ0v) is 21.4. The van der Waals surface area contributed by atoms with Crippen molar-refractivity contribution >= 4 is 45.0 Å². The number of hydrogen-bond acceptors (Lipinski definition) is 4. The van der Waals surface area contributed by atoms with Gasteiger partial charge in [-0.3, -0.25) is 9.59 Å². The molecule has 10 heteroatoms. The highest BCUT2D eigenvalue weighted by Gasteiger charge is 2.30. The summed E-state index contributed by atoms with van der Waals surface area (Å²) in [5.74, 6) is -0.852. The van der Waals surface area contributed by atoms with Crippen molar-refractivity contribution in [3.63, 3.8) is 0 Å². The molecule has 0 saturated carbocycles. The summed E-state index contributed by atoms with van der Waals surface area (Å²) in [6.45, 7) is 5.04. The molecule has 0 spiro atoms. The number of sulfonamides is 1. The summed E-state index contributed by atoms with van der Waals surface area (Å²) >= 11 is 12.1. The third-order valence-corrected chi connectivity index (χ3v) is 7.78. The summed E-state index contributed by atoms with van der Waals surface area (Å²) in [6.07, 6.45) is 0.735. The van der Waals surface area contributed by atoms with Crippen molar-refractivity contribution in [1.82, 2.24) is 14.5 Å². The first-order valence-corrected chi connectivity index (χ1v) is 12.7. The Hall–Kier alpha value is -2.13. The molecular weight excluding hydrogens is 485 g/mol. The van der Waals surface area contributed by atoms with Gasteiger partial charge in [0.05, 0.1) is 11.4 Å². The van der Waals surface area contributed by atoms with Gasteiger partial charge in [-0.1, -0.05) is 48.3 Å². The lowest BCUT2D eigenvalue weighted by atomic mass is 10.1. The van der Waals surface area contributed by atoms with E-state index in [0.29, 0.717) is 15.6 Å². The van der Waals surface area contributed by atoms with E-state index in [1.54, 1.807) is 31.2 Å². The highest BCUT2D eigenvalue weighted by Crippen LogP contribution is 2.21. The topological polar surface area (TPSA) is 86.8 Å². The van der Waals surface area contributed by atoms with Crippen LogP contribution in [0.4, 0.5) is 0 Å². The molecule has 0 aliphatic carbocycles. The summed E-state index contributed by atoms with van der Waals surface area (Å²) < 4.78 is 26.8. The summed E-state index contributed by atoms with van der Waals surface area (Å²) in [4.78, 5) is 27.4. The smallest absolute Gasteiger partial charge is 0.243 e. The fourth-order valence-corrected chi connectivity index (χ4v) is 4.45. The third kappa shape index (κ3) is 7.17. The van der Waals surface area contributed by atoms with E-state index in [1.807, 2.05) is 13.8 Å². The number of carbonyl (C=O) groups is 2. The Kier molecular flexibility index (Phi) is 9.72. The van der Waals surface area contributed by atoms with Crippen molar-refractivity contribution in [2.45, 2.75) is 50.7 Å². The van der Waals surface area contributed by atoms with Gasteiger partial charge in [0.1, 0.15) is 6.04 Å². The van der Waals surface area contributed by atoms with Crippen LogP contribution >= 0.6 is 23.2 Å². The van der Waals surface area contributed by atoms with E-state index in [0.717, 1.165) is 10.7 Å². The van der Waals surface area contributed by atoms with Crippen LogP contribution in [0.2, 0.25) is 10.0 Å². The molecule has 0 aliphatic rings. The Labute approximate surface area is 205 Å². The number of benzene rings is 2. The molecule has 0 saturated heterocycles. The van der Waals surface area contributed by atoms with Crippen molar-refractivity contribution in [1.29, 1.82) is 0 Å². The standard InChI is InChI=1S/C23H29Cl2N3O4S/c1-5-16(2)26-23(30)17(3)28(14-18-8-6-7-9-21(18)25)22(29)15-27(4)33(31,32)20-12-10-19(24)11-13-20/h6-13,16-17H,5,14-15H2,1-4H3,(H,26,30). The van der Waals surface area contributed by atoms with E-state index in [9.17, 15) is 18.0 Å². The van der Waals surface area contributed by atoms with Gasteiger partial charge >= 0.3 is 0 Å².